The number of rotatable bonds is 4. The molecule has 0 radical (unpaired) electrons. The van der Waals surface area contributed by atoms with Crippen molar-refractivity contribution in [3.63, 3.8) is 0 Å². The first-order valence-corrected chi connectivity index (χ1v) is 5.25. The van der Waals surface area contributed by atoms with E-state index in [4.69, 9.17) is 16.3 Å². The second kappa shape index (κ2) is 5.40. The largest absolute Gasteiger partial charge is 0.467 e. The molecular formula is C10H10ClN5O. The van der Waals surface area contributed by atoms with Crippen molar-refractivity contribution < 1.29 is 4.74 Å². The molecule has 0 spiro atoms. The molecule has 0 aliphatic heterocycles. The molecule has 17 heavy (non-hydrogen) atoms. The van der Waals surface area contributed by atoms with Gasteiger partial charge in [-0.15, -0.1) is 0 Å². The normalized spacial score (nSPS) is 10.0. The van der Waals surface area contributed by atoms with Gasteiger partial charge < -0.3 is 10.1 Å². The van der Waals surface area contributed by atoms with Crippen molar-refractivity contribution >= 4 is 17.5 Å². The lowest BCUT2D eigenvalue weighted by Crippen LogP contribution is -2.06. The van der Waals surface area contributed by atoms with Crippen LogP contribution in [0, 0.1) is 0 Å². The molecule has 6 nitrogen and oxygen atoms in total. The van der Waals surface area contributed by atoms with Gasteiger partial charge in [0.2, 0.25) is 11.2 Å². The lowest BCUT2D eigenvalue weighted by Gasteiger charge is -2.05. The van der Waals surface area contributed by atoms with Crippen LogP contribution in [0.3, 0.4) is 0 Å². The van der Waals surface area contributed by atoms with Crippen LogP contribution in [-0.2, 0) is 6.54 Å². The number of hydrogen-bond donors (Lipinski definition) is 1. The predicted molar refractivity (Wildman–Crippen MR) is 63.0 cm³/mol. The molecule has 0 bridgehead atoms. The van der Waals surface area contributed by atoms with E-state index >= 15 is 0 Å². The van der Waals surface area contributed by atoms with Crippen LogP contribution >= 0.6 is 11.6 Å². The van der Waals surface area contributed by atoms with Crippen LogP contribution in [0.5, 0.6) is 6.01 Å². The molecule has 0 saturated heterocycles. The van der Waals surface area contributed by atoms with Crippen molar-refractivity contribution in [1.29, 1.82) is 0 Å². The number of halogens is 1. The molecule has 2 heterocycles. The molecule has 2 aromatic rings. The maximum absolute atomic E-state index is 5.71. The summed E-state index contributed by atoms with van der Waals surface area (Å²) in [6.07, 6.45) is 1.72. The fraction of sp³-hybridized carbons (Fsp3) is 0.200. The van der Waals surface area contributed by atoms with Gasteiger partial charge in [0.25, 0.3) is 0 Å². The Hall–Kier alpha value is -1.95. The first kappa shape index (κ1) is 11.5. The second-order valence-corrected chi connectivity index (χ2v) is 3.43. The number of hydrogen-bond acceptors (Lipinski definition) is 6. The third-order valence-corrected chi connectivity index (χ3v) is 2.09. The van der Waals surface area contributed by atoms with Gasteiger partial charge in [-0.2, -0.15) is 15.0 Å². The molecule has 0 aliphatic carbocycles. The molecule has 2 rings (SSSR count). The molecular weight excluding hydrogens is 242 g/mol. The van der Waals surface area contributed by atoms with Crippen molar-refractivity contribution in [2.24, 2.45) is 0 Å². The first-order chi connectivity index (χ1) is 8.28. The molecule has 1 N–H and O–H groups in total. The summed E-state index contributed by atoms with van der Waals surface area (Å²) in [7, 11) is 1.47. The number of ether oxygens (including phenoxy) is 1. The van der Waals surface area contributed by atoms with Gasteiger partial charge in [0.15, 0.2) is 0 Å². The van der Waals surface area contributed by atoms with E-state index in [2.05, 4.69) is 25.3 Å². The van der Waals surface area contributed by atoms with Gasteiger partial charge in [0.1, 0.15) is 0 Å². The molecule has 88 valence electrons. The molecule has 7 heteroatoms. The minimum atomic E-state index is 0.0837. The van der Waals surface area contributed by atoms with Crippen LogP contribution < -0.4 is 10.1 Å². The second-order valence-electron chi connectivity index (χ2n) is 3.09. The Balaban J connectivity index is 2.06. The van der Waals surface area contributed by atoms with Crippen LogP contribution in [0.2, 0.25) is 5.28 Å². The van der Waals surface area contributed by atoms with Crippen LogP contribution in [0.25, 0.3) is 0 Å². The monoisotopic (exact) mass is 251 g/mol. The van der Waals surface area contributed by atoms with Crippen LogP contribution in [0.4, 0.5) is 5.95 Å². The van der Waals surface area contributed by atoms with Gasteiger partial charge in [-0.1, -0.05) is 6.07 Å². The van der Waals surface area contributed by atoms with Gasteiger partial charge in [0, 0.05) is 6.20 Å². The van der Waals surface area contributed by atoms with E-state index in [9.17, 15) is 0 Å². The number of nitrogens with one attached hydrogen (secondary N) is 1. The van der Waals surface area contributed by atoms with Crippen molar-refractivity contribution in [3.05, 3.63) is 35.4 Å². The standard InChI is InChI=1S/C10H10ClN5O/c1-17-10-15-8(11)14-9(16-10)13-6-7-4-2-3-5-12-7/h2-5H,6H2,1H3,(H,13,14,15,16). The third kappa shape index (κ3) is 3.25. The highest BCUT2D eigenvalue weighted by atomic mass is 35.5. The molecule has 0 unspecified atom stereocenters. The van der Waals surface area contributed by atoms with Crippen molar-refractivity contribution in [1.82, 2.24) is 19.9 Å². The first-order valence-electron chi connectivity index (χ1n) is 4.87. The lowest BCUT2D eigenvalue weighted by molar-refractivity contribution is 0.379. The summed E-state index contributed by atoms with van der Waals surface area (Å²) in [6, 6.07) is 5.83. The van der Waals surface area contributed by atoms with E-state index in [1.54, 1.807) is 6.20 Å². The maximum Gasteiger partial charge on any atom is 0.322 e. The number of pyridine rings is 1. The van der Waals surface area contributed by atoms with E-state index in [1.807, 2.05) is 18.2 Å². The van der Waals surface area contributed by atoms with Crippen molar-refractivity contribution in [3.8, 4) is 6.01 Å². The number of aromatic nitrogens is 4. The van der Waals surface area contributed by atoms with Crippen LogP contribution in [-0.4, -0.2) is 27.0 Å². The van der Waals surface area contributed by atoms with Gasteiger partial charge in [0.05, 0.1) is 19.3 Å². The average Bonchev–Trinajstić information content (AvgIpc) is 2.37. The smallest absolute Gasteiger partial charge is 0.322 e. The zero-order valence-corrected chi connectivity index (χ0v) is 9.85. The molecule has 0 saturated carbocycles. The molecule has 0 atom stereocenters. The van der Waals surface area contributed by atoms with Crippen LogP contribution in [0.1, 0.15) is 5.69 Å². The summed E-state index contributed by atoms with van der Waals surface area (Å²) in [5.74, 6) is 0.354. The van der Waals surface area contributed by atoms with Gasteiger partial charge >= 0.3 is 6.01 Å². The lowest BCUT2D eigenvalue weighted by atomic mass is 10.3. The van der Waals surface area contributed by atoms with Gasteiger partial charge in [-0.3, -0.25) is 4.98 Å². The summed E-state index contributed by atoms with van der Waals surface area (Å²) in [4.78, 5) is 15.9. The summed E-state index contributed by atoms with van der Waals surface area (Å²) in [6.45, 7) is 0.504. The summed E-state index contributed by atoms with van der Waals surface area (Å²) in [5.41, 5.74) is 0.878. The number of anilines is 1. The highest BCUT2D eigenvalue weighted by molar-refractivity contribution is 6.28. The maximum atomic E-state index is 5.71. The molecule has 0 aliphatic rings. The number of nitrogens with zero attached hydrogens (tertiary/aromatic N) is 4. The predicted octanol–water partition coefficient (Wildman–Crippen LogP) is 1.54. The van der Waals surface area contributed by atoms with E-state index in [1.165, 1.54) is 7.11 Å². The Morgan fingerprint density at radius 1 is 1.29 bits per heavy atom. The summed E-state index contributed by atoms with van der Waals surface area (Å²) in [5, 5.41) is 3.07. The van der Waals surface area contributed by atoms with Crippen molar-refractivity contribution in [2.75, 3.05) is 12.4 Å². The van der Waals surface area contributed by atoms with E-state index in [0.717, 1.165) is 5.69 Å². The third-order valence-electron chi connectivity index (χ3n) is 1.92. The van der Waals surface area contributed by atoms with Gasteiger partial charge in [-0.25, -0.2) is 0 Å². The fourth-order valence-electron chi connectivity index (χ4n) is 1.17. The quantitative estimate of drug-likeness (QED) is 0.889. The van der Waals surface area contributed by atoms with E-state index < -0.39 is 0 Å². The SMILES string of the molecule is COc1nc(Cl)nc(NCc2ccccn2)n1. The minimum Gasteiger partial charge on any atom is -0.467 e. The number of methoxy groups -OCH3 is 1. The molecule has 2 aromatic heterocycles. The molecule has 0 aromatic carbocycles. The highest BCUT2D eigenvalue weighted by Gasteiger charge is 2.04. The van der Waals surface area contributed by atoms with Crippen molar-refractivity contribution in [2.45, 2.75) is 6.54 Å². The molecule has 0 amide bonds. The Morgan fingerprint density at radius 2 is 2.18 bits per heavy atom. The topological polar surface area (TPSA) is 72.8 Å². The minimum absolute atomic E-state index is 0.0837. The fourth-order valence-corrected chi connectivity index (χ4v) is 1.33. The Bertz CT molecular complexity index is 493. The average molecular weight is 252 g/mol. The summed E-state index contributed by atoms with van der Waals surface area (Å²) < 4.78 is 4.89. The highest BCUT2D eigenvalue weighted by Crippen LogP contribution is 2.11. The zero-order valence-electron chi connectivity index (χ0n) is 9.09. The summed E-state index contributed by atoms with van der Waals surface area (Å²) >= 11 is 5.71. The van der Waals surface area contributed by atoms with E-state index in [0.29, 0.717) is 12.5 Å². The van der Waals surface area contributed by atoms with Gasteiger partial charge in [-0.05, 0) is 23.7 Å². The molecule has 0 fully saturated rings. The Morgan fingerprint density at radius 3 is 2.88 bits per heavy atom. The van der Waals surface area contributed by atoms with E-state index in [-0.39, 0.29) is 11.3 Å². The Labute approximate surface area is 103 Å². The zero-order chi connectivity index (χ0) is 12.1. The Kier molecular flexibility index (Phi) is 3.66. The van der Waals surface area contributed by atoms with Crippen LogP contribution in [0.15, 0.2) is 24.4 Å².